The molecule has 1 saturated heterocycles. The van der Waals surface area contributed by atoms with Crippen LogP contribution in [0.15, 0.2) is 28.7 Å². The molecule has 116 valence electrons. The van der Waals surface area contributed by atoms with Crippen molar-refractivity contribution in [2.24, 2.45) is 0 Å². The van der Waals surface area contributed by atoms with Crippen LogP contribution < -0.4 is 5.32 Å². The zero-order valence-corrected chi connectivity index (χ0v) is 14.1. The number of amides is 1. The van der Waals surface area contributed by atoms with E-state index < -0.39 is 15.6 Å². The van der Waals surface area contributed by atoms with Crippen LogP contribution in [-0.4, -0.2) is 51.2 Å². The highest BCUT2D eigenvalue weighted by Gasteiger charge is 2.22. The van der Waals surface area contributed by atoms with Gasteiger partial charge in [-0.2, -0.15) is 0 Å². The van der Waals surface area contributed by atoms with E-state index in [9.17, 15) is 13.2 Å². The van der Waals surface area contributed by atoms with Crippen molar-refractivity contribution >= 4 is 31.7 Å². The predicted molar refractivity (Wildman–Crippen MR) is 85.7 cm³/mol. The van der Waals surface area contributed by atoms with E-state index >= 15 is 0 Å². The fourth-order valence-electron chi connectivity index (χ4n) is 2.31. The number of carbonyl (C=O) groups excluding carboxylic acids is 1. The van der Waals surface area contributed by atoms with Gasteiger partial charge in [-0.1, -0.05) is 28.1 Å². The largest absolute Gasteiger partial charge is 0.340 e. The zero-order valence-electron chi connectivity index (χ0n) is 11.7. The average Bonchev–Trinajstić information content (AvgIpc) is 2.66. The van der Waals surface area contributed by atoms with Crippen molar-refractivity contribution in [1.29, 1.82) is 0 Å². The van der Waals surface area contributed by atoms with Gasteiger partial charge in [-0.3, -0.25) is 4.79 Å². The van der Waals surface area contributed by atoms with Crippen LogP contribution in [0, 0.1) is 0 Å². The number of nitrogens with one attached hydrogen (secondary N) is 1. The number of rotatable bonds is 4. The number of sulfone groups is 1. The summed E-state index contributed by atoms with van der Waals surface area (Å²) in [6.45, 7) is 2.79. The summed E-state index contributed by atoms with van der Waals surface area (Å²) in [7, 11) is -3.44. The second kappa shape index (κ2) is 7.38. The molecule has 0 spiro atoms. The van der Waals surface area contributed by atoms with Crippen LogP contribution in [0.2, 0.25) is 0 Å². The van der Waals surface area contributed by atoms with Gasteiger partial charge in [-0.05, 0) is 30.7 Å². The van der Waals surface area contributed by atoms with Crippen LogP contribution in [0.5, 0.6) is 0 Å². The molecule has 1 N–H and O–H groups in total. The highest BCUT2D eigenvalue weighted by Crippen LogP contribution is 2.14. The Morgan fingerprint density at radius 2 is 2.10 bits per heavy atom. The topological polar surface area (TPSA) is 66.5 Å². The van der Waals surface area contributed by atoms with Crippen LogP contribution in [0.4, 0.5) is 0 Å². The molecule has 1 fully saturated rings. The summed E-state index contributed by atoms with van der Waals surface area (Å²) in [4.78, 5) is 13.8. The van der Waals surface area contributed by atoms with Gasteiger partial charge in [0.1, 0.15) is 5.75 Å². The summed E-state index contributed by atoms with van der Waals surface area (Å²) in [5.41, 5.74) is 0.690. The maximum atomic E-state index is 12.2. The molecule has 0 bridgehead atoms. The van der Waals surface area contributed by atoms with E-state index in [4.69, 9.17) is 0 Å². The Morgan fingerprint density at radius 1 is 1.29 bits per heavy atom. The lowest BCUT2D eigenvalue weighted by Crippen LogP contribution is -2.38. The van der Waals surface area contributed by atoms with E-state index in [-0.39, 0.29) is 11.7 Å². The average molecular weight is 375 g/mol. The Kier molecular flexibility index (Phi) is 5.78. The lowest BCUT2D eigenvalue weighted by atomic mass is 10.2. The second-order valence-corrected chi connectivity index (χ2v) is 8.13. The number of hydrogen-bond acceptors (Lipinski definition) is 4. The van der Waals surface area contributed by atoms with Crippen molar-refractivity contribution < 1.29 is 13.2 Å². The minimum absolute atomic E-state index is 0.107. The van der Waals surface area contributed by atoms with Crippen LogP contribution in [-0.2, 0) is 20.4 Å². The SMILES string of the molecule is O=C(CS(=O)(=O)Cc1cccc(Br)c1)N1CCCNCC1. The minimum Gasteiger partial charge on any atom is -0.340 e. The van der Waals surface area contributed by atoms with Gasteiger partial charge in [-0.15, -0.1) is 0 Å². The monoisotopic (exact) mass is 374 g/mol. The summed E-state index contributed by atoms with van der Waals surface area (Å²) < 4.78 is 25.2. The van der Waals surface area contributed by atoms with Crippen molar-refractivity contribution in [2.75, 3.05) is 31.9 Å². The van der Waals surface area contributed by atoms with E-state index in [1.807, 2.05) is 6.07 Å². The van der Waals surface area contributed by atoms with Crippen LogP contribution in [0.1, 0.15) is 12.0 Å². The molecule has 0 unspecified atom stereocenters. The highest BCUT2D eigenvalue weighted by molar-refractivity contribution is 9.10. The molecule has 0 radical (unpaired) electrons. The zero-order chi connectivity index (χ0) is 15.3. The fourth-order valence-corrected chi connectivity index (χ4v) is 4.10. The Balaban J connectivity index is 1.98. The van der Waals surface area contributed by atoms with Crippen molar-refractivity contribution in [2.45, 2.75) is 12.2 Å². The molecule has 1 aromatic rings. The Hall–Kier alpha value is -0.920. The Labute approximate surface area is 133 Å². The molecule has 5 nitrogen and oxygen atoms in total. The Morgan fingerprint density at radius 3 is 2.86 bits per heavy atom. The second-order valence-electron chi connectivity index (χ2n) is 5.15. The number of carbonyl (C=O) groups is 1. The first kappa shape index (κ1) is 16.5. The van der Waals surface area contributed by atoms with Gasteiger partial charge < -0.3 is 10.2 Å². The first-order valence-corrected chi connectivity index (χ1v) is 9.51. The van der Waals surface area contributed by atoms with E-state index in [2.05, 4.69) is 21.2 Å². The third kappa shape index (κ3) is 5.41. The molecule has 0 saturated carbocycles. The summed E-state index contributed by atoms with van der Waals surface area (Å²) in [5, 5.41) is 3.19. The van der Waals surface area contributed by atoms with E-state index in [0.717, 1.165) is 24.0 Å². The van der Waals surface area contributed by atoms with Gasteiger partial charge in [0.2, 0.25) is 5.91 Å². The van der Waals surface area contributed by atoms with Gasteiger partial charge >= 0.3 is 0 Å². The molecule has 1 aromatic carbocycles. The minimum atomic E-state index is -3.44. The normalized spacial score (nSPS) is 16.5. The third-order valence-corrected chi connectivity index (χ3v) is 5.26. The fraction of sp³-hybridized carbons (Fsp3) is 0.500. The molecule has 1 amide bonds. The van der Waals surface area contributed by atoms with Crippen LogP contribution >= 0.6 is 15.9 Å². The molecule has 0 aliphatic carbocycles. The smallest absolute Gasteiger partial charge is 0.237 e. The molecule has 21 heavy (non-hydrogen) atoms. The number of halogens is 1. The number of nitrogens with zero attached hydrogens (tertiary/aromatic N) is 1. The molecular weight excluding hydrogens is 356 g/mol. The molecule has 1 aliphatic rings. The summed E-state index contributed by atoms with van der Waals surface area (Å²) in [6.07, 6.45) is 0.859. The number of benzene rings is 1. The van der Waals surface area contributed by atoms with Crippen LogP contribution in [0.3, 0.4) is 0 Å². The van der Waals surface area contributed by atoms with Crippen molar-refractivity contribution in [3.05, 3.63) is 34.3 Å². The van der Waals surface area contributed by atoms with Crippen molar-refractivity contribution in [3.8, 4) is 0 Å². The standard InChI is InChI=1S/C14H19BrN2O3S/c15-13-4-1-3-12(9-13)10-21(19,20)11-14(18)17-7-2-5-16-6-8-17/h1,3-4,9,16H,2,5-8,10-11H2. The molecule has 2 rings (SSSR count). The highest BCUT2D eigenvalue weighted by atomic mass is 79.9. The maximum Gasteiger partial charge on any atom is 0.237 e. The quantitative estimate of drug-likeness (QED) is 0.859. The maximum absolute atomic E-state index is 12.2. The van der Waals surface area contributed by atoms with E-state index in [1.54, 1.807) is 23.1 Å². The molecule has 0 aromatic heterocycles. The van der Waals surface area contributed by atoms with Gasteiger partial charge in [-0.25, -0.2) is 8.42 Å². The van der Waals surface area contributed by atoms with Gasteiger partial charge in [0.25, 0.3) is 0 Å². The summed E-state index contributed by atoms with van der Waals surface area (Å²) >= 11 is 3.31. The van der Waals surface area contributed by atoms with Gasteiger partial charge in [0.05, 0.1) is 5.75 Å². The van der Waals surface area contributed by atoms with Crippen LogP contribution in [0.25, 0.3) is 0 Å². The first-order chi connectivity index (χ1) is 9.96. The first-order valence-electron chi connectivity index (χ1n) is 6.90. The lowest BCUT2D eigenvalue weighted by Gasteiger charge is -2.19. The molecule has 0 atom stereocenters. The summed E-state index contributed by atoms with van der Waals surface area (Å²) in [6, 6.07) is 7.14. The van der Waals surface area contributed by atoms with E-state index in [0.29, 0.717) is 18.7 Å². The summed E-state index contributed by atoms with van der Waals surface area (Å²) in [5.74, 6) is -0.822. The molecule has 1 aliphatic heterocycles. The van der Waals surface area contributed by atoms with Crippen molar-refractivity contribution in [1.82, 2.24) is 10.2 Å². The van der Waals surface area contributed by atoms with Gasteiger partial charge in [0.15, 0.2) is 9.84 Å². The lowest BCUT2D eigenvalue weighted by molar-refractivity contribution is -0.128. The van der Waals surface area contributed by atoms with Crippen molar-refractivity contribution in [3.63, 3.8) is 0 Å². The molecular formula is C14H19BrN2O3S. The molecule has 1 heterocycles. The third-order valence-electron chi connectivity index (χ3n) is 3.31. The Bertz CT molecular complexity index is 596. The molecule has 7 heteroatoms. The number of hydrogen-bond donors (Lipinski definition) is 1. The predicted octanol–water partition coefficient (Wildman–Crippen LogP) is 1.19. The van der Waals surface area contributed by atoms with Gasteiger partial charge in [0, 0.05) is 24.1 Å². The van der Waals surface area contributed by atoms with E-state index in [1.165, 1.54) is 0 Å².